The van der Waals surface area contributed by atoms with E-state index in [0.717, 1.165) is 10.1 Å². The molecule has 1 atom stereocenters. The van der Waals surface area contributed by atoms with Gasteiger partial charge in [0.25, 0.3) is 0 Å². The molecule has 0 fully saturated rings. The molecule has 2 aromatic rings. The molecule has 2 N–H and O–H groups in total. The summed E-state index contributed by atoms with van der Waals surface area (Å²) in [4.78, 5) is 4.29. The molecule has 4 nitrogen and oxygen atoms in total. The summed E-state index contributed by atoms with van der Waals surface area (Å²) >= 11 is 3.40. The van der Waals surface area contributed by atoms with Gasteiger partial charge in [0.2, 0.25) is 0 Å². The second kappa shape index (κ2) is 3.08. The summed E-state index contributed by atoms with van der Waals surface area (Å²) < 4.78 is 2.64. The van der Waals surface area contributed by atoms with Gasteiger partial charge in [0, 0.05) is 6.20 Å². The highest BCUT2D eigenvalue weighted by Gasteiger charge is 2.08. The maximum absolute atomic E-state index is 5.67. The Morgan fingerprint density at radius 3 is 3.00 bits per heavy atom. The Hall–Kier alpha value is -0.940. The highest BCUT2D eigenvalue weighted by molar-refractivity contribution is 9.10. The Labute approximate surface area is 83.9 Å². The summed E-state index contributed by atoms with van der Waals surface area (Å²) in [5.41, 5.74) is 6.47. The van der Waals surface area contributed by atoms with Crippen LogP contribution in [0, 0.1) is 0 Å². The normalized spacial score (nSPS) is 13.5. The van der Waals surface area contributed by atoms with Gasteiger partial charge in [-0.3, -0.25) is 0 Å². The van der Waals surface area contributed by atoms with Gasteiger partial charge in [-0.25, -0.2) is 9.50 Å². The summed E-state index contributed by atoms with van der Waals surface area (Å²) in [6.07, 6.45) is 1.85. The first-order chi connectivity index (χ1) is 6.18. The zero-order chi connectivity index (χ0) is 9.42. The molecule has 0 aliphatic heterocycles. The third-order valence-electron chi connectivity index (χ3n) is 1.74. The minimum Gasteiger partial charge on any atom is -0.321 e. The second-order valence-electron chi connectivity index (χ2n) is 2.88. The minimum atomic E-state index is -0.133. The van der Waals surface area contributed by atoms with Crippen molar-refractivity contribution in [2.24, 2.45) is 5.73 Å². The molecule has 2 rings (SSSR count). The Balaban J connectivity index is 2.68. The van der Waals surface area contributed by atoms with Crippen LogP contribution in [0.5, 0.6) is 0 Å². The standard InChI is InChI=1S/C8H9BrN4/c1-5(10)7-11-8-6(9)3-2-4-13(8)12-7/h2-5H,10H2,1H3. The summed E-state index contributed by atoms with van der Waals surface area (Å²) in [5, 5.41) is 4.22. The van der Waals surface area contributed by atoms with Crippen molar-refractivity contribution in [2.45, 2.75) is 13.0 Å². The van der Waals surface area contributed by atoms with Crippen molar-refractivity contribution in [3.8, 4) is 0 Å². The van der Waals surface area contributed by atoms with Crippen LogP contribution in [-0.4, -0.2) is 14.6 Å². The maximum Gasteiger partial charge on any atom is 0.169 e. The van der Waals surface area contributed by atoms with Crippen molar-refractivity contribution in [2.75, 3.05) is 0 Å². The Kier molecular flexibility index (Phi) is 2.05. The van der Waals surface area contributed by atoms with E-state index < -0.39 is 0 Å². The van der Waals surface area contributed by atoms with Gasteiger partial charge in [0.1, 0.15) is 0 Å². The quantitative estimate of drug-likeness (QED) is 0.823. The average Bonchev–Trinajstić information content (AvgIpc) is 2.49. The molecule has 0 saturated carbocycles. The molecule has 2 aromatic heterocycles. The van der Waals surface area contributed by atoms with Gasteiger partial charge in [-0.15, -0.1) is 5.10 Å². The van der Waals surface area contributed by atoms with Crippen molar-refractivity contribution in [1.82, 2.24) is 14.6 Å². The zero-order valence-electron chi connectivity index (χ0n) is 7.11. The molecule has 0 spiro atoms. The van der Waals surface area contributed by atoms with Crippen LogP contribution < -0.4 is 5.73 Å². The fourth-order valence-electron chi connectivity index (χ4n) is 1.08. The van der Waals surface area contributed by atoms with Gasteiger partial charge in [0.15, 0.2) is 11.5 Å². The van der Waals surface area contributed by atoms with Gasteiger partial charge in [-0.1, -0.05) is 0 Å². The minimum absolute atomic E-state index is 0.133. The van der Waals surface area contributed by atoms with Crippen LogP contribution in [0.15, 0.2) is 22.8 Å². The van der Waals surface area contributed by atoms with Gasteiger partial charge in [-0.2, -0.15) is 0 Å². The van der Waals surface area contributed by atoms with Crippen LogP contribution in [0.25, 0.3) is 5.65 Å². The Bertz CT molecular complexity index is 435. The molecule has 68 valence electrons. The number of hydrogen-bond donors (Lipinski definition) is 1. The summed E-state index contributed by atoms with van der Waals surface area (Å²) in [5.74, 6) is 0.659. The second-order valence-corrected chi connectivity index (χ2v) is 3.74. The molecular weight excluding hydrogens is 232 g/mol. The van der Waals surface area contributed by atoms with Crippen LogP contribution in [0.4, 0.5) is 0 Å². The fourth-order valence-corrected chi connectivity index (χ4v) is 1.51. The smallest absolute Gasteiger partial charge is 0.169 e. The number of pyridine rings is 1. The van der Waals surface area contributed by atoms with Gasteiger partial charge >= 0.3 is 0 Å². The number of nitrogens with zero attached hydrogens (tertiary/aromatic N) is 3. The highest BCUT2D eigenvalue weighted by atomic mass is 79.9. The van der Waals surface area contributed by atoms with Crippen molar-refractivity contribution >= 4 is 21.6 Å². The number of aromatic nitrogens is 3. The predicted octanol–water partition coefficient (Wildman–Crippen LogP) is 1.51. The van der Waals surface area contributed by atoms with Crippen molar-refractivity contribution in [3.63, 3.8) is 0 Å². The molecule has 0 amide bonds. The lowest BCUT2D eigenvalue weighted by molar-refractivity contribution is 0.733. The topological polar surface area (TPSA) is 56.2 Å². The molecule has 0 bridgehead atoms. The van der Waals surface area contributed by atoms with Crippen LogP contribution in [0.3, 0.4) is 0 Å². The molecule has 0 saturated heterocycles. The van der Waals surface area contributed by atoms with Crippen molar-refractivity contribution < 1.29 is 0 Å². The largest absolute Gasteiger partial charge is 0.321 e. The molecule has 1 unspecified atom stereocenters. The maximum atomic E-state index is 5.67. The van der Waals surface area contributed by atoms with Crippen LogP contribution in [0.2, 0.25) is 0 Å². The van der Waals surface area contributed by atoms with Crippen LogP contribution in [-0.2, 0) is 0 Å². The van der Waals surface area contributed by atoms with E-state index in [1.54, 1.807) is 4.52 Å². The first kappa shape index (κ1) is 8.65. The summed E-state index contributed by atoms with van der Waals surface area (Å²) in [6.45, 7) is 1.86. The van der Waals surface area contributed by atoms with E-state index in [2.05, 4.69) is 26.0 Å². The third-order valence-corrected chi connectivity index (χ3v) is 2.36. The first-order valence-corrected chi connectivity index (χ1v) is 4.74. The van der Waals surface area contributed by atoms with E-state index in [4.69, 9.17) is 5.73 Å². The molecule has 0 aromatic carbocycles. The van der Waals surface area contributed by atoms with E-state index in [9.17, 15) is 0 Å². The van der Waals surface area contributed by atoms with Gasteiger partial charge in [0.05, 0.1) is 10.5 Å². The van der Waals surface area contributed by atoms with E-state index in [-0.39, 0.29) is 6.04 Å². The van der Waals surface area contributed by atoms with Crippen LogP contribution >= 0.6 is 15.9 Å². The van der Waals surface area contributed by atoms with E-state index >= 15 is 0 Å². The SMILES string of the molecule is CC(N)c1nc2c(Br)cccn2n1. The Morgan fingerprint density at radius 2 is 2.38 bits per heavy atom. The zero-order valence-corrected chi connectivity index (χ0v) is 8.69. The molecule has 0 radical (unpaired) electrons. The lowest BCUT2D eigenvalue weighted by Gasteiger charge is -1.93. The molecular formula is C8H9BrN4. The third kappa shape index (κ3) is 1.45. The highest BCUT2D eigenvalue weighted by Crippen LogP contribution is 2.16. The number of nitrogens with two attached hydrogens (primary N) is 1. The van der Waals surface area contributed by atoms with Crippen molar-refractivity contribution in [1.29, 1.82) is 0 Å². The molecule has 13 heavy (non-hydrogen) atoms. The molecule has 2 heterocycles. The van der Waals surface area contributed by atoms with E-state index in [1.807, 2.05) is 25.3 Å². The lowest BCUT2D eigenvalue weighted by atomic mass is 10.3. The van der Waals surface area contributed by atoms with Crippen molar-refractivity contribution in [3.05, 3.63) is 28.6 Å². The molecule has 0 aliphatic carbocycles. The van der Waals surface area contributed by atoms with E-state index in [0.29, 0.717) is 5.82 Å². The predicted molar refractivity (Wildman–Crippen MR) is 53.3 cm³/mol. The first-order valence-electron chi connectivity index (χ1n) is 3.95. The number of halogens is 1. The van der Waals surface area contributed by atoms with Crippen LogP contribution in [0.1, 0.15) is 18.8 Å². The number of rotatable bonds is 1. The molecule has 0 aliphatic rings. The van der Waals surface area contributed by atoms with Gasteiger partial charge < -0.3 is 5.73 Å². The number of fused-ring (bicyclic) bond motifs is 1. The fraction of sp³-hybridized carbons (Fsp3) is 0.250. The monoisotopic (exact) mass is 240 g/mol. The van der Waals surface area contributed by atoms with E-state index in [1.165, 1.54) is 0 Å². The summed E-state index contributed by atoms with van der Waals surface area (Å²) in [6, 6.07) is 3.69. The van der Waals surface area contributed by atoms with Gasteiger partial charge in [-0.05, 0) is 35.0 Å². The molecule has 5 heteroatoms. The lowest BCUT2D eigenvalue weighted by Crippen LogP contribution is -2.06. The number of hydrogen-bond acceptors (Lipinski definition) is 3. The Morgan fingerprint density at radius 1 is 1.62 bits per heavy atom. The average molecular weight is 241 g/mol. The summed E-state index contributed by atoms with van der Waals surface area (Å²) in [7, 11) is 0.